The molecule has 3 aromatic heterocycles. The lowest BCUT2D eigenvalue weighted by molar-refractivity contribution is 0.0980. The molecule has 0 N–H and O–H groups in total. The number of nitrogens with zero attached hydrogens (tertiary/aromatic N) is 4. The van der Waals surface area contributed by atoms with E-state index in [1.807, 2.05) is 45.9 Å². The van der Waals surface area contributed by atoms with E-state index in [2.05, 4.69) is 15.1 Å². The molecular formula is C18H20N4O2. The smallest absolute Gasteiger partial charge is 0.260 e. The zero-order valence-electron chi connectivity index (χ0n) is 14.2. The zero-order chi connectivity index (χ0) is 17.3. The highest BCUT2D eigenvalue weighted by atomic mass is 16.5. The van der Waals surface area contributed by atoms with E-state index in [0.29, 0.717) is 11.3 Å². The number of hydrogen-bond donors (Lipinski definition) is 0. The minimum atomic E-state index is -0.122. The molecule has 3 aromatic rings. The molecule has 0 aliphatic heterocycles. The summed E-state index contributed by atoms with van der Waals surface area (Å²) in [4.78, 5) is 23.1. The average Bonchev–Trinajstić information content (AvgIpc) is 2.98. The van der Waals surface area contributed by atoms with Gasteiger partial charge in [0.05, 0.1) is 28.5 Å². The first kappa shape index (κ1) is 16.1. The van der Waals surface area contributed by atoms with Gasteiger partial charge in [0.2, 0.25) is 0 Å². The Kier molecular flexibility index (Phi) is 4.29. The topological polar surface area (TPSA) is 72.1 Å². The van der Waals surface area contributed by atoms with Gasteiger partial charge in [0.15, 0.2) is 0 Å². The van der Waals surface area contributed by atoms with Crippen LogP contribution in [0.25, 0.3) is 11.1 Å². The molecular weight excluding hydrogens is 304 g/mol. The largest absolute Gasteiger partial charge is 0.336 e. The van der Waals surface area contributed by atoms with E-state index in [0.717, 1.165) is 16.8 Å². The number of aromatic nitrogens is 3. The Labute approximate surface area is 140 Å². The third-order valence-corrected chi connectivity index (χ3v) is 3.81. The molecule has 124 valence electrons. The van der Waals surface area contributed by atoms with Crippen molar-refractivity contribution < 1.29 is 9.32 Å². The van der Waals surface area contributed by atoms with E-state index in [9.17, 15) is 4.79 Å². The van der Waals surface area contributed by atoms with Gasteiger partial charge < -0.3 is 9.42 Å². The monoisotopic (exact) mass is 324 g/mol. The second-order valence-corrected chi connectivity index (χ2v) is 6.28. The van der Waals surface area contributed by atoms with Gasteiger partial charge in [0, 0.05) is 18.4 Å². The van der Waals surface area contributed by atoms with Crippen molar-refractivity contribution in [2.45, 2.75) is 39.7 Å². The van der Waals surface area contributed by atoms with Crippen molar-refractivity contribution in [2.24, 2.45) is 0 Å². The number of carbonyl (C=O) groups is 1. The van der Waals surface area contributed by atoms with E-state index in [4.69, 9.17) is 4.52 Å². The van der Waals surface area contributed by atoms with Crippen LogP contribution in [0.4, 0.5) is 5.69 Å². The molecule has 0 aliphatic carbocycles. The summed E-state index contributed by atoms with van der Waals surface area (Å²) in [5, 5.41) is 4.84. The van der Waals surface area contributed by atoms with Gasteiger partial charge in [-0.3, -0.25) is 9.78 Å². The van der Waals surface area contributed by atoms with Crippen molar-refractivity contribution in [1.82, 2.24) is 15.1 Å². The molecule has 0 aromatic carbocycles. The first-order valence-corrected chi connectivity index (χ1v) is 7.98. The van der Waals surface area contributed by atoms with E-state index < -0.39 is 0 Å². The van der Waals surface area contributed by atoms with E-state index in [-0.39, 0.29) is 17.9 Å². The lowest BCUT2D eigenvalue weighted by atomic mass is 10.1. The standard InChI is InChI=1S/C18H20N4O2/c1-11(2)16-15-8-13(9-20-17(15)24-21-16)18(23)22(12(3)4)14-6-5-7-19-10-14/h5-12H,1-4H3. The SMILES string of the molecule is CC(C)c1noc2ncc(C(=O)N(c3cccnc3)C(C)C)cc12. The van der Waals surface area contributed by atoms with Crippen LogP contribution in [0.3, 0.4) is 0 Å². The van der Waals surface area contributed by atoms with Crippen LogP contribution in [0.1, 0.15) is 49.7 Å². The van der Waals surface area contributed by atoms with Crippen LogP contribution >= 0.6 is 0 Å². The highest BCUT2D eigenvalue weighted by molar-refractivity contribution is 6.07. The van der Waals surface area contributed by atoms with Crippen molar-refractivity contribution in [3.8, 4) is 0 Å². The molecule has 0 saturated heterocycles. The van der Waals surface area contributed by atoms with Gasteiger partial charge in [-0.1, -0.05) is 19.0 Å². The number of carbonyl (C=O) groups excluding carboxylic acids is 1. The van der Waals surface area contributed by atoms with Crippen LogP contribution in [0.15, 0.2) is 41.3 Å². The van der Waals surface area contributed by atoms with Crippen LogP contribution in [0, 0.1) is 0 Å². The minimum absolute atomic E-state index is 0.00978. The number of hydrogen-bond acceptors (Lipinski definition) is 5. The third-order valence-electron chi connectivity index (χ3n) is 3.81. The van der Waals surface area contributed by atoms with Crippen LogP contribution in [-0.4, -0.2) is 27.1 Å². The molecule has 0 fully saturated rings. The number of pyridine rings is 2. The van der Waals surface area contributed by atoms with Gasteiger partial charge in [-0.25, -0.2) is 4.98 Å². The first-order valence-electron chi connectivity index (χ1n) is 7.98. The maximum absolute atomic E-state index is 13.0. The average molecular weight is 324 g/mol. The van der Waals surface area contributed by atoms with Crippen molar-refractivity contribution in [2.75, 3.05) is 4.90 Å². The van der Waals surface area contributed by atoms with Crippen molar-refractivity contribution >= 4 is 22.7 Å². The zero-order valence-corrected chi connectivity index (χ0v) is 14.2. The summed E-state index contributed by atoms with van der Waals surface area (Å²) in [6.07, 6.45) is 4.90. The van der Waals surface area contributed by atoms with Gasteiger partial charge in [-0.15, -0.1) is 0 Å². The molecule has 0 atom stereocenters. The van der Waals surface area contributed by atoms with Gasteiger partial charge in [0.1, 0.15) is 0 Å². The summed E-state index contributed by atoms with van der Waals surface area (Å²) in [7, 11) is 0. The van der Waals surface area contributed by atoms with E-state index in [1.165, 1.54) is 6.20 Å². The van der Waals surface area contributed by atoms with Gasteiger partial charge in [-0.2, -0.15) is 0 Å². The number of rotatable bonds is 4. The highest BCUT2D eigenvalue weighted by Gasteiger charge is 2.23. The third kappa shape index (κ3) is 2.87. The lowest BCUT2D eigenvalue weighted by Crippen LogP contribution is -2.37. The van der Waals surface area contributed by atoms with Crippen LogP contribution in [-0.2, 0) is 0 Å². The summed E-state index contributed by atoms with van der Waals surface area (Å²) in [6.45, 7) is 8.00. The summed E-state index contributed by atoms with van der Waals surface area (Å²) >= 11 is 0. The fraction of sp³-hybridized carbons (Fsp3) is 0.333. The normalized spacial score (nSPS) is 11.4. The Bertz CT molecular complexity index is 856. The molecule has 0 spiro atoms. The Hall–Kier alpha value is -2.76. The summed E-state index contributed by atoms with van der Waals surface area (Å²) < 4.78 is 5.24. The molecule has 0 aliphatic rings. The van der Waals surface area contributed by atoms with Crippen LogP contribution in [0.5, 0.6) is 0 Å². The number of anilines is 1. The fourth-order valence-electron chi connectivity index (χ4n) is 2.67. The van der Waals surface area contributed by atoms with Crippen molar-refractivity contribution in [3.63, 3.8) is 0 Å². The maximum atomic E-state index is 13.0. The predicted molar refractivity (Wildman–Crippen MR) is 92.1 cm³/mol. The molecule has 0 saturated carbocycles. The molecule has 1 amide bonds. The molecule has 24 heavy (non-hydrogen) atoms. The molecule has 3 heterocycles. The quantitative estimate of drug-likeness (QED) is 0.730. The molecule has 0 unspecified atom stereocenters. The lowest BCUT2D eigenvalue weighted by Gasteiger charge is -2.26. The molecule has 3 rings (SSSR count). The van der Waals surface area contributed by atoms with Gasteiger partial charge in [-0.05, 0) is 38.0 Å². The van der Waals surface area contributed by atoms with Gasteiger partial charge >= 0.3 is 0 Å². The second-order valence-electron chi connectivity index (χ2n) is 6.28. The Morgan fingerprint density at radius 3 is 2.62 bits per heavy atom. The van der Waals surface area contributed by atoms with Gasteiger partial charge in [0.25, 0.3) is 11.6 Å². The number of fused-ring (bicyclic) bond motifs is 1. The fourth-order valence-corrected chi connectivity index (χ4v) is 2.67. The van der Waals surface area contributed by atoms with E-state index >= 15 is 0 Å². The van der Waals surface area contributed by atoms with Crippen molar-refractivity contribution in [3.05, 3.63) is 48.0 Å². The first-order chi connectivity index (χ1) is 11.5. The molecule has 6 nitrogen and oxygen atoms in total. The number of amides is 1. The van der Waals surface area contributed by atoms with Crippen LogP contribution < -0.4 is 4.90 Å². The second kappa shape index (κ2) is 6.39. The molecule has 6 heteroatoms. The Morgan fingerprint density at radius 1 is 1.21 bits per heavy atom. The Balaban J connectivity index is 2.04. The molecule has 0 bridgehead atoms. The summed E-state index contributed by atoms with van der Waals surface area (Å²) in [6, 6.07) is 5.48. The van der Waals surface area contributed by atoms with Crippen LogP contribution in [0.2, 0.25) is 0 Å². The van der Waals surface area contributed by atoms with E-state index in [1.54, 1.807) is 17.3 Å². The summed E-state index contributed by atoms with van der Waals surface area (Å²) in [5.41, 5.74) is 2.52. The Morgan fingerprint density at radius 2 is 2.00 bits per heavy atom. The highest BCUT2D eigenvalue weighted by Crippen LogP contribution is 2.26. The van der Waals surface area contributed by atoms with Crippen molar-refractivity contribution in [1.29, 1.82) is 0 Å². The molecule has 0 radical (unpaired) electrons. The maximum Gasteiger partial charge on any atom is 0.260 e. The summed E-state index contributed by atoms with van der Waals surface area (Å²) in [5.74, 6) is 0.0706. The minimum Gasteiger partial charge on any atom is -0.336 e. The predicted octanol–water partition coefficient (Wildman–Crippen LogP) is 3.80.